The number of phenols is 5. The number of furan rings is 1. The van der Waals surface area contributed by atoms with Crippen molar-refractivity contribution in [3.8, 4) is 39.9 Å². The van der Waals surface area contributed by atoms with E-state index in [1.54, 1.807) is 6.92 Å². The minimum absolute atomic E-state index is 0.0983. The standard InChI is InChI=1S/C38H26O6/c1-19(32-34(39)36(41)38(43)37(42)35(32)40)20-14-16-30-29(17-20)33-22(11-6-12-31(33)44-30)21-13-15-27-25-9-3-2-7-23(25)24-8-4-5-10-26(24)28(27)18-21/h2-19,39-43H,1H3. The molecule has 1 unspecified atom stereocenters. The first-order valence-corrected chi connectivity index (χ1v) is 14.3. The molecule has 0 amide bonds. The summed E-state index contributed by atoms with van der Waals surface area (Å²) in [7, 11) is 0. The Bertz CT molecular complexity index is 2410. The summed E-state index contributed by atoms with van der Waals surface area (Å²) < 4.78 is 6.26. The highest BCUT2D eigenvalue weighted by atomic mass is 16.4. The average Bonchev–Trinajstić information content (AvgIpc) is 3.44. The molecule has 1 atom stereocenters. The highest BCUT2D eigenvalue weighted by Crippen LogP contribution is 2.54. The number of aromatic hydroxyl groups is 5. The Kier molecular flexibility index (Phi) is 5.46. The van der Waals surface area contributed by atoms with Crippen molar-refractivity contribution in [2.24, 2.45) is 0 Å². The van der Waals surface area contributed by atoms with Gasteiger partial charge in [0.25, 0.3) is 0 Å². The SMILES string of the molecule is CC(c1ccc2oc3cccc(-c4ccc5c6ccccc6c6ccccc6c5c4)c3c2c1)c1c(O)c(O)c(O)c(O)c1O. The molecule has 0 saturated carbocycles. The van der Waals surface area contributed by atoms with Gasteiger partial charge in [0, 0.05) is 16.7 Å². The predicted octanol–water partition coefficient (Wildman–Crippen LogP) is 9.39. The Morgan fingerprint density at radius 2 is 1.05 bits per heavy atom. The molecule has 0 spiro atoms. The zero-order chi connectivity index (χ0) is 30.3. The fraction of sp³-hybridized carbons (Fsp3) is 0.0526. The van der Waals surface area contributed by atoms with E-state index < -0.39 is 34.7 Å². The van der Waals surface area contributed by atoms with Gasteiger partial charge in [-0.2, -0.15) is 0 Å². The first kappa shape index (κ1) is 25.8. The van der Waals surface area contributed by atoms with Gasteiger partial charge in [0.15, 0.2) is 11.5 Å². The van der Waals surface area contributed by atoms with Crippen molar-refractivity contribution in [2.75, 3.05) is 0 Å². The van der Waals surface area contributed by atoms with Gasteiger partial charge in [-0.1, -0.05) is 85.8 Å². The van der Waals surface area contributed by atoms with Crippen molar-refractivity contribution in [2.45, 2.75) is 12.8 Å². The maximum Gasteiger partial charge on any atom is 0.208 e. The van der Waals surface area contributed by atoms with Crippen LogP contribution in [0.15, 0.2) is 108 Å². The summed E-state index contributed by atoms with van der Waals surface area (Å²) in [5.74, 6) is -4.81. The first-order valence-electron chi connectivity index (χ1n) is 14.3. The molecule has 6 heteroatoms. The molecular formula is C38H26O6. The number of hydrogen-bond donors (Lipinski definition) is 5. The zero-order valence-electron chi connectivity index (χ0n) is 23.5. The maximum atomic E-state index is 10.6. The van der Waals surface area contributed by atoms with Crippen LogP contribution in [0, 0.1) is 0 Å². The van der Waals surface area contributed by atoms with Gasteiger partial charge in [-0.3, -0.25) is 0 Å². The van der Waals surface area contributed by atoms with Gasteiger partial charge in [0.05, 0.1) is 5.56 Å². The first-order chi connectivity index (χ1) is 21.3. The van der Waals surface area contributed by atoms with Crippen LogP contribution in [0.1, 0.15) is 24.0 Å². The average molecular weight is 579 g/mol. The molecule has 44 heavy (non-hydrogen) atoms. The topological polar surface area (TPSA) is 114 Å². The fourth-order valence-electron chi connectivity index (χ4n) is 6.71. The van der Waals surface area contributed by atoms with E-state index in [0.29, 0.717) is 11.1 Å². The van der Waals surface area contributed by atoms with Crippen molar-refractivity contribution in [3.63, 3.8) is 0 Å². The van der Waals surface area contributed by atoms with E-state index >= 15 is 0 Å². The van der Waals surface area contributed by atoms with Crippen LogP contribution in [0.3, 0.4) is 0 Å². The summed E-state index contributed by atoms with van der Waals surface area (Å²) in [6.07, 6.45) is 0. The summed E-state index contributed by atoms with van der Waals surface area (Å²) in [5.41, 5.74) is 4.02. The van der Waals surface area contributed by atoms with Gasteiger partial charge in [-0.15, -0.1) is 0 Å². The number of benzene rings is 7. The minimum Gasteiger partial charge on any atom is -0.504 e. The second kappa shape index (κ2) is 9.31. The van der Waals surface area contributed by atoms with E-state index in [0.717, 1.165) is 32.9 Å². The quantitative estimate of drug-likeness (QED) is 0.0811. The Morgan fingerprint density at radius 3 is 1.68 bits per heavy atom. The normalized spacial score (nSPS) is 12.6. The van der Waals surface area contributed by atoms with E-state index in [1.165, 1.54) is 26.9 Å². The maximum absolute atomic E-state index is 10.6. The molecule has 0 bridgehead atoms. The van der Waals surface area contributed by atoms with Crippen molar-refractivity contribution < 1.29 is 29.9 Å². The molecule has 7 aromatic carbocycles. The smallest absolute Gasteiger partial charge is 0.208 e. The van der Waals surface area contributed by atoms with Gasteiger partial charge < -0.3 is 29.9 Å². The minimum atomic E-state index is -0.979. The van der Waals surface area contributed by atoms with Crippen molar-refractivity contribution in [3.05, 3.63) is 114 Å². The van der Waals surface area contributed by atoms with E-state index in [1.807, 2.05) is 30.3 Å². The molecule has 0 saturated heterocycles. The molecule has 8 aromatic rings. The molecule has 8 rings (SSSR count). The summed E-state index contributed by atoms with van der Waals surface area (Å²) in [4.78, 5) is 0. The third-order valence-corrected chi connectivity index (χ3v) is 8.91. The lowest BCUT2D eigenvalue weighted by Gasteiger charge is -2.18. The van der Waals surface area contributed by atoms with Crippen molar-refractivity contribution in [1.29, 1.82) is 0 Å². The Labute approximate surface area is 250 Å². The molecule has 6 nitrogen and oxygen atoms in total. The second-order valence-electron chi connectivity index (χ2n) is 11.3. The van der Waals surface area contributed by atoms with Crippen molar-refractivity contribution in [1.82, 2.24) is 0 Å². The number of hydrogen-bond acceptors (Lipinski definition) is 6. The molecule has 214 valence electrons. The van der Waals surface area contributed by atoms with Gasteiger partial charge in [0.2, 0.25) is 17.2 Å². The molecule has 1 heterocycles. The Morgan fingerprint density at radius 1 is 0.477 bits per heavy atom. The number of fused-ring (bicyclic) bond motifs is 9. The van der Waals surface area contributed by atoms with Crippen LogP contribution < -0.4 is 0 Å². The number of rotatable bonds is 3. The van der Waals surface area contributed by atoms with Gasteiger partial charge in [0.1, 0.15) is 11.2 Å². The van der Waals surface area contributed by atoms with Crippen LogP contribution in [0.4, 0.5) is 0 Å². The van der Waals surface area contributed by atoms with Crippen LogP contribution in [0.5, 0.6) is 28.7 Å². The van der Waals surface area contributed by atoms with Crippen LogP contribution in [0.25, 0.3) is 65.4 Å². The highest BCUT2D eigenvalue weighted by Gasteiger charge is 2.28. The third-order valence-electron chi connectivity index (χ3n) is 8.91. The molecule has 5 N–H and O–H groups in total. The Balaban J connectivity index is 1.35. The summed E-state index contributed by atoms with van der Waals surface area (Å²) in [5, 5.41) is 60.2. The zero-order valence-corrected chi connectivity index (χ0v) is 23.5. The highest BCUT2D eigenvalue weighted by molar-refractivity contribution is 6.26. The number of phenolic OH excluding ortho intramolecular Hbond substituents is 5. The monoisotopic (exact) mass is 578 g/mol. The molecule has 1 aromatic heterocycles. The molecule has 0 fully saturated rings. The molecule has 0 aliphatic carbocycles. The lowest BCUT2D eigenvalue weighted by atomic mass is 9.89. The van der Waals surface area contributed by atoms with Gasteiger partial charge in [-0.05, 0) is 73.3 Å². The predicted molar refractivity (Wildman–Crippen MR) is 174 cm³/mol. The molecule has 0 aliphatic heterocycles. The van der Waals surface area contributed by atoms with Crippen molar-refractivity contribution >= 4 is 54.3 Å². The van der Waals surface area contributed by atoms with Crippen LogP contribution in [-0.4, -0.2) is 25.5 Å². The summed E-state index contributed by atoms with van der Waals surface area (Å²) in [6.45, 7) is 1.73. The van der Waals surface area contributed by atoms with E-state index in [4.69, 9.17) is 4.42 Å². The summed E-state index contributed by atoms with van der Waals surface area (Å²) >= 11 is 0. The molecular weight excluding hydrogens is 552 g/mol. The largest absolute Gasteiger partial charge is 0.504 e. The van der Waals surface area contributed by atoms with Crippen LogP contribution >= 0.6 is 0 Å². The van der Waals surface area contributed by atoms with Crippen LogP contribution in [0.2, 0.25) is 0 Å². The lowest BCUT2D eigenvalue weighted by Crippen LogP contribution is -1.98. The summed E-state index contributed by atoms with van der Waals surface area (Å²) in [6, 6.07) is 35.1. The lowest BCUT2D eigenvalue weighted by molar-refractivity contribution is 0.323. The van der Waals surface area contributed by atoms with Gasteiger partial charge >= 0.3 is 0 Å². The molecule has 0 radical (unpaired) electrons. The second-order valence-corrected chi connectivity index (χ2v) is 11.3. The Hall–Kier alpha value is -5.88. The molecule has 0 aliphatic rings. The fourth-order valence-corrected chi connectivity index (χ4v) is 6.71. The van der Waals surface area contributed by atoms with E-state index in [2.05, 4.69) is 72.8 Å². The van der Waals surface area contributed by atoms with Crippen LogP contribution in [-0.2, 0) is 0 Å². The van der Waals surface area contributed by atoms with Gasteiger partial charge in [-0.25, -0.2) is 0 Å². The van der Waals surface area contributed by atoms with E-state index in [9.17, 15) is 25.5 Å². The van der Waals surface area contributed by atoms with E-state index in [-0.39, 0.29) is 5.56 Å². The third kappa shape index (κ3) is 3.54.